The van der Waals surface area contributed by atoms with E-state index in [1.54, 1.807) is 0 Å². The predicted octanol–water partition coefficient (Wildman–Crippen LogP) is -0.391. The van der Waals surface area contributed by atoms with E-state index in [2.05, 4.69) is 24.1 Å². The van der Waals surface area contributed by atoms with Crippen LogP contribution < -0.4 is 5.32 Å². The first kappa shape index (κ1) is 16.2. The van der Waals surface area contributed by atoms with Crippen molar-refractivity contribution >= 4 is 11.8 Å². The maximum absolute atomic E-state index is 12.3. The standard InChI is InChI=1S/C15H28N4O2/c1-13(2)11-14(20)18-7-9-19(10-8-18)15(21)12-17-5-3-16-4-6-17/h13,16H,3-12H2,1-2H3. The number of nitrogens with one attached hydrogen (secondary N) is 1. The molecule has 120 valence electrons. The highest BCUT2D eigenvalue weighted by Crippen LogP contribution is 2.09. The van der Waals surface area contributed by atoms with Gasteiger partial charge >= 0.3 is 0 Å². The lowest BCUT2D eigenvalue weighted by atomic mass is 10.1. The Hall–Kier alpha value is -1.14. The second kappa shape index (κ2) is 7.75. The van der Waals surface area contributed by atoms with E-state index in [-0.39, 0.29) is 11.8 Å². The molecule has 2 aliphatic heterocycles. The van der Waals surface area contributed by atoms with Gasteiger partial charge in [0.15, 0.2) is 0 Å². The predicted molar refractivity (Wildman–Crippen MR) is 81.9 cm³/mol. The van der Waals surface area contributed by atoms with Crippen LogP contribution in [0.1, 0.15) is 20.3 Å². The Kier molecular flexibility index (Phi) is 5.99. The van der Waals surface area contributed by atoms with Crippen molar-refractivity contribution in [3.63, 3.8) is 0 Å². The summed E-state index contributed by atoms with van der Waals surface area (Å²) in [5, 5.41) is 3.29. The molecule has 0 radical (unpaired) electrons. The normalized spacial score (nSPS) is 20.9. The zero-order valence-electron chi connectivity index (χ0n) is 13.3. The average Bonchev–Trinajstić information content (AvgIpc) is 2.47. The number of piperazine rings is 2. The lowest BCUT2D eigenvalue weighted by Crippen LogP contribution is -2.54. The molecule has 0 aromatic heterocycles. The van der Waals surface area contributed by atoms with Gasteiger partial charge in [0.2, 0.25) is 11.8 Å². The first-order valence-corrected chi connectivity index (χ1v) is 8.05. The molecule has 0 aromatic rings. The van der Waals surface area contributed by atoms with Crippen LogP contribution in [0.3, 0.4) is 0 Å². The smallest absolute Gasteiger partial charge is 0.236 e. The summed E-state index contributed by atoms with van der Waals surface area (Å²) in [7, 11) is 0. The molecule has 2 fully saturated rings. The van der Waals surface area contributed by atoms with Gasteiger partial charge in [-0.2, -0.15) is 0 Å². The van der Waals surface area contributed by atoms with Gasteiger partial charge in [0, 0.05) is 58.8 Å². The van der Waals surface area contributed by atoms with Crippen molar-refractivity contribution in [2.24, 2.45) is 5.92 Å². The van der Waals surface area contributed by atoms with Gasteiger partial charge in [-0.3, -0.25) is 14.5 Å². The Morgan fingerprint density at radius 2 is 1.43 bits per heavy atom. The Bertz CT molecular complexity index is 359. The molecule has 0 unspecified atom stereocenters. The summed E-state index contributed by atoms with van der Waals surface area (Å²) < 4.78 is 0. The first-order chi connectivity index (χ1) is 10.1. The minimum atomic E-state index is 0.202. The molecular weight excluding hydrogens is 268 g/mol. The van der Waals surface area contributed by atoms with Crippen molar-refractivity contribution in [1.29, 1.82) is 0 Å². The second-order valence-electron chi connectivity index (χ2n) is 6.39. The number of carbonyl (C=O) groups is 2. The van der Waals surface area contributed by atoms with Gasteiger partial charge in [-0.1, -0.05) is 13.8 Å². The summed E-state index contributed by atoms with van der Waals surface area (Å²) in [6.45, 7) is 11.2. The van der Waals surface area contributed by atoms with Crippen LogP contribution in [-0.4, -0.2) is 85.4 Å². The van der Waals surface area contributed by atoms with E-state index in [1.165, 1.54) is 0 Å². The molecule has 2 heterocycles. The molecule has 2 saturated heterocycles. The third-order valence-corrected chi connectivity index (χ3v) is 4.14. The highest BCUT2D eigenvalue weighted by Gasteiger charge is 2.25. The summed E-state index contributed by atoms with van der Waals surface area (Å²) >= 11 is 0. The van der Waals surface area contributed by atoms with Crippen molar-refractivity contribution in [2.75, 3.05) is 58.9 Å². The molecule has 6 nitrogen and oxygen atoms in total. The third-order valence-electron chi connectivity index (χ3n) is 4.14. The molecule has 0 atom stereocenters. The van der Waals surface area contributed by atoms with E-state index in [0.717, 1.165) is 26.2 Å². The summed E-state index contributed by atoms with van der Waals surface area (Å²) in [6, 6.07) is 0. The van der Waals surface area contributed by atoms with E-state index in [9.17, 15) is 9.59 Å². The number of nitrogens with zero attached hydrogens (tertiary/aromatic N) is 3. The van der Waals surface area contributed by atoms with Gasteiger partial charge in [-0.05, 0) is 5.92 Å². The zero-order valence-corrected chi connectivity index (χ0v) is 13.3. The van der Waals surface area contributed by atoms with Crippen molar-refractivity contribution in [2.45, 2.75) is 20.3 Å². The monoisotopic (exact) mass is 296 g/mol. The SMILES string of the molecule is CC(C)CC(=O)N1CCN(C(=O)CN2CCNCC2)CC1. The van der Waals surface area contributed by atoms with Crippen LogP contribution in [0.15, 0.2) is 0 Å². The van der Waals surface area contributed by atoms with Crippen LogP contribution in [0.25, 0.3) is 0 Å². The molecular formula is C15H28N4O2. The van der Waals surface area contributed by atoms with E-state index in [4.69, 9.17) is 0 Å². The quantitative estimate of drug-likeness (QED) is 0.768. The molecule has 0 bridgehead atoms. The number of rotatable bonds is 4. The van der Waals surface area contributed by atoms with Gasteiger partial charge in [0.1, 0.15) is 0 Å². The van der Waals surface area contributed by atoms with Crippen LogP contribution in [0.2, 0.25) is 0 Å². The number of carbonyl (C=O) groups excluding carboxylic acids is 2. The summed E-state index contributed by atoms with van der Waals surface area (Å²) in [5.41, 5.74) is 0. The average molecular weight is 296 g/mol. The lowest BCUT2D eigenvalue weighted by Gasteiger charge is -2.36. The molecule has 6 heteroatoms. The van der Waals surface area contributed by atoms with Crippen LogP contribution in [0.4, 0.5) is 0 Å². The Morgan fingerprint density at radius 1 is 0.905 bits per heavy atom. The summed E-state index contributed by atoms with van der Waals surface area (Å²) in [4.78, 5) is 30.3. The minimum Gasteiger partial charge on any atom is -0.339 e. The molecule has 0 saturated carbocycles. The van der Waals surface area contributed by atoms with Crippen LogP contribution in [0, 0.1) is 5.92 Å². The molecule has 21 heavy (non-hydrogen) atoms. The fourth-order valence-corrected chi connectivity index (χ4v) is 2.84. The van der Waals surface area contributed by atoms with Crippen molar-refractivity contribution in [3.05, 3.63) is 0 Å². The highest BCUT2D eigenvalue weighted by molar-refractivity contribution is 5.79. The number of hydrogen-bond acceptors (Lipinski definition) is 4. The molecule has 2 aliphatic rings. The lowest BCUT2D eigenvalue weighted by molar-refractivity contribution is -0.140. The largest absolute Gasteiger partial charge is 0.339 e. The van der Waals surface area contributed by atoms with E-state index < -0.39 is 0 Å². The maximum Gasteiger partial charge on any atom is 0.236 e. The van der Waals surface area contributed by atoms with E-state index in [0.29, 0.717) is 45.1 Å². The topological polar surface area (TPSA) is 55.9 Å². The first-order valence-electron chi connectivity index (χ1n) is 8.05. The van der Waals surface area contributed by atoms with Crippen molar-refractivity contribution in [3.8, 4) is 0 Å². The van der Waals surface area contributed by atoms with E-state index in [1.807, 2.05) is 9.80 Å². The van der Waals surface area contributed by atoms with Crippen LogP contribution in [-0.2, 0) is 9.59 Å². The van der Waals surface area contributed by atoms with Crippen molar-refractivity contribution in [1.82, 2.24) is 20.0 Å². The van der Waals surface area contributed by atoms with Gasteiger partial charge in [-0.25, -0.2) is 0 Å². The summed E-state index contributed by atoms with van der Waals surface area (Å²) in [5.74, 6) is 0.817. The Morgan fingerprint density at radius 3 is 1.95 bits per heavy atom. The van der Waals surface area contributed by atoms with E-state index >= 15 is 0 Å². The molecule has 0 aliphatic carbocycles. The Balaban J connectivity index is 1.72. The molecule has 1 N–H and O–H groups in total. The maximum atomic E-state index is 12.3. The zero-order chi connectivity index (χ0) is 15.2. The van der Waals surface area contributed by atoms with Gasteiger partial charge in [0.05, 0.1) is 6.54 Å². The second-order valence-corrected chi connectivity index (χ2v) is 6.39. The van der Waals surface area contributed by atoms with Gasteiger partial charge < -0.3 is 15.1 Å². The number of hydrogen-bond donors (Lipinski definition) is 1. The minimum absolute atomic E-state index is 0.202. The third kappa shape index (κ3) is 4.97. The van der Waals surface area contributed by atoms with Crippen molar-refractivity contribution < 1.29 is 9.59 Å². The fraction of sp³-hybridized carbons (Fsp3) is 0.867. The van der Waals surface area contributed by atoms with Crippen LogP contribution in [0.5, 0.6) is 0 Å². The molecule has 0 aromatic carbocycles. The molecule has 2 amide bonds. The Labute approximate surface area is 127 Å². The summed E-state index contributed by atoms with van der Waals surface area (Å²) in [6.07, 6.45) is 0.606. The van der Waals surface area contributed by atoms with Gasteiger partial charge in [0.25, 0.3) is 0 Å². The molecule has 2 rings (SSSR count). The molecule has 0 spiro atoms. The number of amides is 2. The fourth-order valence-electron chi connectivity index (χ4n) is 2.84. The highest BCUT2D eigenvalue weighted by atomic mass is 16.2. The van der Waals surface area contributed by atoms with Crippen LogP contribution >= 0.6 is 0 Å². The van der Waals surface area contributed by atoms with Gasteiger partial charge in [-0.15, -0.1) is 0 Å².